The fourth-order valence-corrected chi connectivity index (χ4v) is 3.96. The maximum Gasteiger partial charge on any atom is 0.412 e. The number of fused-ring (bicyclic) bond motifs is 4. The van der Waals surface area contributed by atoms with E-state index in [0.717, 1.165) is 32.5 Å². The number of carbonyl (C=O) groups excluding carboxylic acids is 2. The first-order chi connectivity index (χ1) is 12.1. The van der Waals surface area contributed by atoms with Crippen LogP contribution in [-0.4, -0.2) is 46.4 Å². The van der Waals surface area contributed by atoms with Gasteiger partial charge in [-0.15, -0.1) is 0 Å². The van der Waals surface area contributed by atoms with Crippen molar-refractivity contribution in [2.75, 3.05) is 19.6 Å². The quantitative estimate of drug-likeness (QED) is 0.653. The Morgan fingerprint density at radius 3 is 2.68 bits per heavy atom. The van der Waals surface area contributed by atoms with E-state index in [9.17, 15) is 14.9 Å². The minimum Gasteiger partial charge on any atom is -0.371 e. The van der Waals surface area contributed by atoms with Crippen molar-refractivity contribution in [1.29, 1.82) is 5.26 Å². The molecule has 0 unspecified atom stereocenters. The van der Waals surface area contributed by atoms with Gasteiger partial charge in [0, 0.05) is 11.9 Å². The van der Waals surface area contributed by atoms with Crippen LogP contribution in [0, 0.1) is 17.2 Å². The SMILES string of the molecule is N#Cc1ccc2c(C(=O)OC(N)=O)nn([C@@H]3CN4CCC3CC4)c2c1. The zero-order valence-electron chi connectivity index (χ0n) is 13.5. The predicted octanol–water partition coefficient (Wildman–Crippen LogP) is 1.41. The highest BCUT2D eigenvalue weighted by molar-refractivity contribution is 6.05. The molecule has 3 fully saturated rings. The number of nitrogens with zero attached hydrogens (tertiary/aromatic N) is 4. The second-order valence-electron chi connectivity index (χ2n) is 6.55. The number of rotatable bonds is 2. The van der Waals surface area contributed by atoms with Gasteiger partial charge in [-0.25, -0.2) is 9.59 Å². The van der Waals surface area contributed by atoms with Crippen LogP contribution in [0.3, 0.4) is 0 Å². The Hall–Kier alpha value is -2.92. The number of amides is 1. The van der Waals surface area contributed by atoms with Gasteiger partial charge >= 0.3 is 12.1 Å². The minimum absolute atomic E-state index is 0.0507. The first-order valence-electron chi connectivity index (χ1n) is 8.23. The molecule has 4 heterocycles. The van der Waals surface area contributed by atoms with Gasteiger partial charge in [0.2, 0.25) is 0 Å². The number of hydrogen-bond acceptors (Lipinski definition) is 6. The number of piperidine rings is 3. The van der Waals surface area contributed by atoms with Crippen molar-refractivity contribution < 1.29 is 14.3 Å². The Labute approximate surface area is 143 Å². The topological polar surface area (TPSA) is 114 Å². The first-order valence-corrected chi connectivity index (χ1v) is 8.23. The molecule has 3 aliphatic rings. The van der Waals surface area contributed by atoms with Crippen molar-refractivity contribution in [1.82, 2.24) is 14.7 Å². The summed E-state index contributed by atoms with van der Waals surface area (Å²) in [6.45, 7) is 3.03. The highest BCUT2D eigenvalue weighted by Crippen LogP contribution is 2.37. The molecule has 0 aliphatic carbocycles. The van der Waals surface area contributed by atoms with E-state index in [1.807, 2.05) is 4.68 Å². The number of primary amides is 1. The molecule has 3 aliphatic heterocycles. The van der Waals surface area contributed by atoms with E-state index in [-0.39, 0.29) is 11.7 Å². The van der Waals surface area contributed by atoms with Gasteiger partial charge in [0.1, 0.15) is 0 Å². The smallest absolute Gasteiger partial charge is 0.371 e. The Bertz CT molecular complexity index is 905. The van der Waals surface area contributed by atoms with Crippen LogP contribution in [-0.2, 0) is 4.74 Å². The summed E-state index contributed by atoms with van der Waals surface area (Å²) in [5.41, 5.74) is 6.20. The second-order valence-corrected chi connectivity index (χ2v) is 6.55. The van der Waals surface area contributed by atoms with Crippen molar-refractivity contribution in [2.45, 2.75) is 18.9 Å². The Morgan fingerprint density at radius 2 is 2.08 bits per heavy atom. The fraction of sp³-hybridized carbons (Fsp3) is 0.412. The molecule has 2 aromatic rings. The van der Waals surface area contributed by atoms with Gasteiger partial charge in [-0.3, -0.25) is 4.68 Å². The van der Waals surface area contributed by atoms with Crippen LogP contribution >= 0.6 is 0 Å². The Kier molecular flexibility index (Phi) is 3.66. The number of nitrogens with two attached hydrogens (primary N) is 1. The lowest BCUT2D eigenvalue weighted by Gasteiger charge is -2.44. The summed E-state index contributed by atoms with van der Waals surface area (Å²) >= 11 is 0. The number of ether oxygens (including phenoxy) is 1. The lowest BCUT2D eigenvalue weighted by atomic mass is 9.84. The van der Waals surface area contributed by atoms with Crippen LogP contribution < -0.4 is 5.73 Å². The molecule has 3 saturated heterocycles. The lowest BCUT2D eigenvalue weighted by Crippen LogP contribution is -2.48. The summed E-state index contributed by atoms with van der Waals surface area (Å²) in [5, 5.41) is 14.2. The maximum atomic E-state index is 12.2. The molecular formula is C17H17N5O3. The van der Waals surface area contributed by atoms with Crippen molar-refractivity contribution in [3.8, 4) is 6.07 Å². The van der Waals surface area contributed by atoms with Crippen LogP contribution in [0.15, 0.2) is 18.2 Å². The van der Waals surface area contributed by atoms with E-state index in [2.05, 4.69) is 20.8 Å². The monoisotopic (exact) mass is 339 g/mol. The van der Waals surface area contributed by atoms with Crippen LogP contribution in [0.1, 0.15) is 34.9 Å². The average Bonchev–Trinajstić information content (AvgIpc) is 3.00. The van der Waals surface area contributed by atoms with Crippen molar-refractivity contribution in [2.24, 2.45) is 11.7 Å². The molecule has 1 aromatic carbocycles. The molecule has 128 valence electrons. The average molecular weight is 339 g/mol. The molecule has 2 N–H and O–H groups in total. The van der Waals surface area contributed by atoms with Gasteiger partial charge in [-0.1, -0.05) is 0 Å². The Morgan fingerprint density at radius 1 is 1.32 bits per heavy atom. The highest BCUT2D eigenvalue weighted by atomic mass is 16.6. The summed E-state index contributed by atoms with van der Waals surface area (Å²) in [4.78, 5) is 25.5. The van der Waals surface area contributed by atoms with Crippen molar-refractivity contribution in [3.05, 3.63) is 29.5 Å². The van der Waals surface area contributed by atoms with Gasteiger partial charge in [0.25, 0.3) is 0 Å². The minimum atomic E-state index is -1.16. The molecular weight excluding hydrogens is 322 g/mol. The zero-order valence-corrected chi connectivity index (χ0v) is 13.5. The van der Waals surface area contributed by atoms with Gasteiger partial charge in [-0.05, 0) is 50.0 Å². The normalized spacial score (nSPS) is 24.8. The molecule has 0 radical (unpaired) electrons. The highest BCUT2D eigenvalue weighted by Gasteiger charge is 2.37. The van der Waals surface area contributed by atoms with E-state index in [1.54, 1.807) is 18.2 Å². The number of aromatic nitrogens is 2. The third kappa shape index (κ3) is 2.62. The van der Waals surface area contributed by atoms with Crippen LogP contribution in [0.2, 0.25) is 0 Å². The van der Waals surface area contributed by atoms with Gasteiger partial charge in [0.05, 0.1) is 23.2 Å². The largest absolute Gasteiger partial charge is 0.412 e. The summed E-state index contributed by atoms with van der Waals surface area (Å²) in [6, 6.07) is 7.25. The molecule has 8 nitrogen and oxygen atoms in total. The van der Waals surface area contributed by atoms with E-state index >= 15 is 0 Å². The molecule has 0 spiro atoms. The molecule has 8 heteroatoms. The van der Waals surface area contributed by atoms with E-state index < -0.39 is 12.1 Å². The van der Waals surface area contributed by atoms with Gasteiger partial charge in [0.15, 0.2) is 5.69 Å². The fourth-order valence-electron chi connectivity index (χ4n) is 3.96. The number of hydrogen-bond donors (Lipinski definition) is 1. The summed E-state index contributed by atoms with van der Waals surface area (Å²) < 4.78 is 6.34. The molecule has 5 rings (SSSR count). The molecule has 1 amide bonds. The van der Waals surface area contributed by atoms with Crippen LogP contribution in [0.4, 0.5) is 4.79 Å². The van der Waals surface area contributed by atoms with Gasteiger partial charge in [-0.2, -0.15) is 10.4 Å². The Balaban J connectivity index is 1.84. The number of carbonyl (C=O) groups is 2. The van der Waals surface area contributed by atoms with Gasteiger partial charge < -0.3 is 15.4 Å². The lowest BCUT2D eigenvalue weighted by molar-refractivity contribution is 0.0518. The number of nitriles is 1. The van der Waals surface area contributed by atoms with Crippen LogP contribution in [0.5, 0.6) is 0 Å². The first kappa shape index (κ1) is 15.6. The molecule has 2 bridgehead atoms. The summed E-state index contributed by atoms with van der Waals surface area (Å²) in [7, 11) is 0. The molecule has 1 atom stereocenters. The van der Waals surface area contributed by atoms with E-state index in [1.165, 1.54) is 0 Å². The van der Waals surface area contributed by atoms with Crippen molar-refractivity contribution >= 4 is 23.0 Å². The standard InChI is InChI=1S/C17H17N5O3/c18-8-10-1-2-12-13(7-10)22(20-15(12)16(23)25-17(19)24)14-9-21-5-3-11(14)4-6-21/h1-2,7,11,14H,3-6,9H2,(H2,19,24)/t14-/m1/s1. The maximum absolute atomic E-state index is 12.2. The number of esters is 1. The van der Waals surface area contributed by atoms with Crippen LogP contribution in [0.25, 0.3) is 10.9 Å². The van der Waals surface area contributed by atoms with E-state index in [0.29, 0.717) is 22.4 Å². The molecule has 1 aromatic heterocycles. The summed E-state index contributed by atoms with van der Waals surface area (Å²) in [6.07, 6.45) is 1.01. The second kappa shape index (κ2) is 5.86. The molecule has 0 saturated carbocycles. The van der Waals surface area contributed by atoms with E-state index in [4.69, 9.17) is 5.73 Å². The third-order valence-electron chi connectivity index (χ3n) is 5.16. The van der Waals surface area contributed by atoms with Crippen molar-refractivity contribution in [3.63, 3.8) is 0 Å². The zero-order chi connectivity index (χ0) is 17.6. The predicted molar refractivity (Wildman–Crippen MR) is 87.6 cm³/mol. The third-order valence-corrected chi connectivity index (χ3v) is 5.16. The molecule has 25 heavy (non-hydrogen) atoms. The summed E-state index contributed by atoms with van der Waals surface area (Å²) in [5.74, 6) is -0.388. The number of benzene rings is 1.